The molecule has 0 bridgehead atoms. The second-order valence-electron chi connectivity index (χ2n) is 4.07. The largest absolute Gasteiger partial charge is 0.409 e. The summed E-state index contributed by atoms with van der Waals surface area (Å²) in [6.07, 6.45) is -5.40. The fourth-order valence-corrected chi connectivity index (χ4v) is 1.45. The minimum Gasteiger partial charge on any atom is -0.409 e. The molecule has 0 saturated heterocycles. The van der Waals surface area contributed by atoms with E-state index in [1.807, 2.05) is 0 Å². The Kier molecular flexibility index (Phi) is 4.89. The fourth-order valence-electron chi connectivity index (χ4n) is 1.45. The summed E-state index contributed by atoms with van der Waals surface area (Å²) >= 11 is 0. The predicted octanol–water partition coefficient (Wildman–Crippen LogP) is 1.47. The molecule has 0 atom stereocenters. The molecule has 0 aliphatic carbocycles. The van der Waals surface area contributed by atoms with Crippen LogP contribution in [-0.2, 0) is 0 Å². The molecule has 3 N–H and O–H groups in total. The number of nitrogens with two attached hydrogens (primary N) is 1. The van der Waals surface area contributed by atoms with Crippen LogP contribution in [0.4, 0.5) is 24.7 Å². The van der Waals surface area contributed by atoms with Gasteiger partial charge in [0.1, 0.15) is 5.82 Å². The zero-order valence-corrected chi connectivity index (χ0v) is 10.8. The predicted molar refractivity (Wildman–Crippen MR) is 67.3 cm³/mol. The third-order valence-electron chi connectivity index (χ3n) is 2.53. The monoisotopic (exact) mass is 307 g/mol. The van der Waals surface area contributed by atoms with Crippen LogP contribution in [0.1, 0.15) is 12.1 Å². The Morgan fingerprint density at radius 3 is 2.67 bits per heavy atom. The van der Waals surface area contributed by atoms with Gasteiger partial charge < -0.3 is 15.8 Å². The van der Waals surface area contributed by atoms with Crippen LogP contribution >= 0.6 is 0 Å². The molecular formula is C10H12F3N5O3. The Balaban J connectivity index is 3.08. The van der Waals surface area contributed by atoms with Gasteiger partial charge in [0.25, 0.3) is 5.69 Å². The maximum Gasteiger partial charge on any atom is 0.390 e. The average molecular weight is 307 g/mol. The van der Waals surface area contributed by atoms with Crippen molar-refractivity contribution in [3.05, 3.63) is 27.9 Å². The van der Waals surface area contributed by atoms with E-state index in [0.717, 1.165) is 11.0 Å². The number of rotatable bonds is 5. The van der Waals surface area contributed by atoms with E-state index >= 15 is 0 Å². The second kappa shape index (κ2) is 6.24. The molecule has 0 radical (unpaired) electrons. The summed E-state index contributed by atoms with van der Waals surface area (Å²) in [7, 11) is 1.34. The molecule has 116 valence electrons. The van der Waals surface area contributed by atoms with Crippen LogP contribution in [0.3, 0.4) is 0 Å². The topological polar surface area (TPSA) is 118 Å². The smallest absolute Gasteiger partial charge is 0.390 e. The van der Waals surface area contributed by atoms with Crippen molar-refractivity contribution < 1.29 is 23.3 Å². The van der Waals surface area contributed by atoms with Gasteiger partial charge in [-0.1, -0.05) is 5.16 Å². The highest BCUT2D eigenvalue weighted by Gasteiger charge is 2.28. The third kappa shape index (κ3) is 4.47. The SMILES string of the molecule is CN(CCC(F)(F)F)c1ccc([N+](=O)[O-])c(/C(N)=N/O)n1. The number of pyridine rings is 1. The van der Waals surface area contributed by atoms with E-state index in [9.17, 15) is 23.3 Å². The quantitative estimate of drug-likeness (QED) is 0.279. The van der Waals surface area contributed by atoms with Gasteiger partial charge in [-0.2, -0.15) is 13.2 Å². The molecule has 11 heteroatoms. The molecule has 1 aromatic heterocycles. The minimum atomic E-state index is -4.33. The molecule has 1 rings (SSSR count). The summed E-state index contributed by atoms with van der Waals surface area (Å²) in [5.41, 5.74) is 4.35. The minimum absolute atomic E-state index is 0.0338. The number of halogens is 3. The molecule has 21 heavy (non-hydrogen) atoms. The summed E-state index contributed by atoms with van der Waals surface area (Å²) in [4.78, 5) is 14.9. The zero-order chi connectivity index (χ0) is 16.2. The Hall–Kier alpha value is -2.59. The van der Waals surface area contributed by atoms with Crippen LogP contribution in [-0.4, -0.2) is 40.7 Å². The molecule has 1 aromatic rings. The van der Waals surface area contributed by atoms with Crippen molar-refractivity contribution in [2.24, 2.45) is 10.9 Å². The Bertz CT molecular complexity index is 561. The number of amidine groups is 1. The lowest BCUT2D eigenvalue weighted by Gasteiger charge is -2.19. The first-order valence-electron chi connectivity index (χ1n) is 5.57. The van der Waals surface area contributed by atoms with Crippen LogP contribution in [0, 0.1) is 10.1 Å². The number of alkyl halides is 3. The standard InChI is InChI=1S/C10H12F3N5O3/c1-17(5-4-10(11,12)13)7-3-2-6(18(20)21)8(15-7)9(14)16-19/h2-3,19H,4-5H2,1H3,(H2,14,16). The highest BCUT2D eigenvalue weighted by molar-refractivity contribution is 5.99. The molecule has 0 aliphatic heterocycles. The van der Waals surface area contributed by atoms with Gasteiger partial charge in [-0.25, -0.2) is 4.98 Å². The van der Waals surface area contributed by atoms with Gasteiger partial charge >= 0.3 is 6.18 Å². The number of anilines is 1. The molecule has 0 amide bonds. The maximum absolute atomic E-state index is 12.2. The van der Waals surface area contributed by atoms with Crippen LogP contribution in [0.15, 0.2) is 17.3 Å². The highest BCUT2D eigenvalue weighted by Crippen LogP contribution is 2.23. The summed E-state index contributed by atoms with van der Waals surface area (Å²) in [6, 6.07) is 2.21. The van der Waals surface area contributed by atoms with Gasteiger partial charge in [-0.05, 0) is 6.07 Å². The summed E-state index contributed by atoms with van der Waals surface area (Å²) < 4.78 is 36.5. The van der Waals surface area contributed by atoms with Crippen molar-refractivity contribution in [2.45, 2.75) is 12.6 Å². The average Bonchev–Trinajstić information content (AvgIpc) is 2.42. The Morgan fingerprint density at radius 2 is 2.19 bits per heavy atom. The summed E-state index contributed by atoms with van der Waals surface area (Å²) in [6.45, 7) is -0.385. The zero-order valence-electron chi connectivity index (χ0n) is 10.8. The normalized spacial score (nSPS) is 12.3. The summed E-state index contributed by atoms with van der Waals surface area (Å²) in [5, 5.41) is 22.0. The highest BCUT2D eigenvalue weighted by atomic mass is 19.4. The van der Waals surface area contributed by atoms with Gasteiger partial charge in [0.2, 0.25) is 0 Å². The van der Waals surface area contributed by atoms with E-state index in [0.29, 0.717) is 0 Å². The van der Waals surface area contributed by atoms with Crippen molar-refractivity contribution in [3.8, 4) is 0 Å². The van der Waals surface area contributed by atoms with Crippen molar-refractivity contribution >= 4 is 17.3 Å². The van der Waals surface area contributed by atoms with E-state index in [-0.39, 0.29) is 12.4 Å². The first kappa shape index (κ1) is 16.5. The lowest BCUT2D eigenvalue weighted by atomic mass is 10.2. The lowest BCUT2D eigenvalue weighted by molar-refractivity contribution is -0.385. The Morgan fingerprint density at radius 1 is 1.57 bits per heavy atom. The number of hydrogen-bond donors (Lipinski definition) is 2. The van der Waals surface area contributed by atoms with E-state index in [2.05, 4.69) is 10.1 Å². The van der Waals surface area contributed by atoms with E-state index in [4.69, 9.17) is 10.9 Å². The second-order valence-corrected chi connectivity index (χ2v) is 4.07. The third-order valence-corrected chi connectivity index (χ3v) is 2.53. The molecule has 1 heterocycles. The number of oxime groups is 1. The van der Waals surface area contributed by atoms with Crippen molar-refractivity contribution in [1.29, 1.82) is 0 Å². The van der Waals surface area contributed by atoms with E-state index in [1.165, 1.54) is 13.1 Å². The number of nitrogens with zero attached hydrogens (tertiary/aromatic N) is 4. The molecular weight excluding hydrogens is 295 g/mol. The van der Waals surface area contributed by atoms with Crippen LogP contribution in [0.25, 0.3) is 0 Å². The molecule has 0 unspecified atom stereocenters. The first-order valence-corrected chi connectivity index (χ1v) is 5.57. The molecule has 0 aromatic carbocycles. The van der Waals surface area contributed by atoms with E-state index < -0.39 is 34.7 Å². The number of aromatic nitrogens is 1. The van der Waals surface area contributed by atoms with Gasteiger partial charge in [0, 0.05) is 19.7 Å². The molecule has 0 aliphatic rings. The van der Waals surface area contributed by atoms with Crippen LogP contribution in [0.2, 0.25) is 0 Å². The Labute approximate surface area is 116 Å². The van der Waals surface area contributed by atoms with Gasteiger partial charge in [0.05, 0.1) is 11.3 Å². The lowest BCUT2D eigenvalue weighted by Crippen LogP contribution is -2.26. The van der Waals surface area contributed by atoms with Gasteiger partial charge in [-0.15, -0.1) is 0 Å². The first-order chi connectivity index (χ1) is 9.65. The number of hydrogen-bond acceptors (Lipinski definition) is 6. The van der Waals surface area contributed by atoms with E-state index in [1.54, 1.807) is 0 Å². The molecule has 8 nitrogen and oxygen atoms in total. The molecule has 0 spiro atoms. The van der Waals surface area contributed by atoms with Crippen molar-refractivity contribution in [3.63, 3.8) is 0 Å². The summed E-state index contributed by atoms with van der Waals surface area (Å²) in [5.74, 6) is -0.570. The van der Waals surface area contributed by atoms with Crippen molar-refractivity contribution in [1.82, 2.24) is 4.98 Å². The van der Waals surface area contributed by atoms with Crippen LogP contribution < -0.4 is 10.6 Å². The molecule has 0 fully saturated rings. The van der Waals surface area contributed by atoms with Crippen molar-refractivity contribution in [2.75, 3.05) is 18.5 Å². The number of nitro groups is 1. The van der Waals surface area contributed by atoms with Gasteiger partial charge in [0.15, 0.2) is 11.5 Å². The van der Waals surface area contributed by atoms with Gasteiger partial charge in [-0.3, -0.25) is 10.1 Å². The van der Waals surface area contributed by atoms with Crippen LogP contribution in [0.5, 0.6) is 0 Å². The molecule has 0 saturated carbocycles. The maximum atomic E-state index is 12.2. The fraction of sp³-hybridized carbons (Fsp3) is 0.400.